The largest absolute Gasteiger partial charge is 0.417 e. The Bertz CT molecular complexity index is 920. The molecule has 0 unspecified atom stereocenters. The van der Waals surface area contributed by atoms with Crippen LogP contribution in [0.3, 0.4) is 0 Å². The van der Waals surface area contributed by atoms with Crippen molar-refractivity contribution in [2.45, 2.75) is 25.6 Å². The molecule has 124 valence electrons. The van der Waals surface area contributed by atoms with Crippen molar-refractivity contribution in [2.75, 3.05) is 0 Å². The third-order valence-corrected chi connectivity index (χ3v) is 3.87. The molecule has 0 saturated heterocycles. The molecule has 0 radical (unpaired) electrons. The minimum absolute atomic E-state index is 0.0296. The number of nitrogens with zero attached hydrogens (tertiary/aromatic N) is 3. The maximum Gasteiger partial charge on any atom is 0.417 e. The van der Waals surface area contributed by atoms with Gasteiger partial charge in [-0.05, 0) is 30.7 Å². The third-order valence-electron chi connectivity index (χ3n) is 3.87. The highest BCUT2D eigenvalue weighted by Crippen LogP contribution is 2.33. The van der Waals surface area contributed by atoms with Gasteiger partial charge >= 0.3 is 6.18 Å². The van der Waals surface area contributed by atoms with Crippen LogP contribution in [0, 0.1) is 0 Å². The minimum Gasteiger partial charge on any atom is -0.290 e. The van der Waals surface area contributed by atoms with Gasteiger partial charge in [0.25, 0.3) is 5.56 Å². The molecule has 3 aromatic rings. The molecule has 3 rings (SSSR count). The number of halogens is 3. The number of benzene rings is 1. The number of pyridine rings is 1. The van der Waals surface area contributed by atoms with E-state index in [4.69, 9.17) is 0 Å². The summed E-state index contributed by atoms with van der Waals surface area (Å²) in [5.74, 6) is 0. The van der Waals surface area contributed by atoms with Crippen molar-refractivity contribution in [3.63, 3.8) is 0 Å². The summed E-state index contributed by atoms with van der Waals surface area (Å²) < 4.78 is 41.0. The number of alkyl halides is 3. The summed E-state index contributed by atoms with van der Waals surface area (Å²) in [6, 6.07) is 8.32. The van der Waals surface area contributed by atoms with Crippen LogP contribution in [0.1, 0.15) is 30.6 Å². The molecule has 0 aliphatic heterocycles. The van der Waals surface area contributed by atoms with Gasteiger partial charge in [0, 0.05) is 6.20 Å². The predicted molar refractivity (Wildman–Crippen MR) is 83.7 cm³/mol. The van der Waals surface area contributed by atoms with Crippen LogP contribution in [0.25, 0.3) is 10.9 Å². The molecule has 1 aromatic carbocycles. The normalized spacial score (nSPS) is 13.2. The van der Waals surface area contributed by atoms with Crippen LogP contribution in [-0.2, 0) is 6.18 Å². The van der Waals surface area contributed by atoms with Crippen molar-refractivity contribution >= 4 is 10.9 Å². The van der Waals surface area contributed by atoms with E-state index in [0.717, 1.165) is 6.07 Å². The van der Waals surface area contributed by atoms with E-state index in [1.807, 2.05) is 6.92 Å². The zero-order valence-corrected chi connectivity index (χ0v) is 12.8. The molecule has 0 aliphatic carbocycles. The highest BCUT2D eigenvalue weighted by atomic mass is 19.4. The quantitative estimate of drug-likeness (QED) is 0.732. The first-order valence-corrected chi connectivity index (χ1v) is 7.41. The lowest BCUT2D eigenvalue weighted by Gasteiger charge is -2.18. The maximum absolute atomic E-state index is 13.2. The summed E-state index contributed by atoms with van der Waals surface area (Å²) >= 11 is 0. The van der Waals surface area contributed by atoms with Crippen molar-refractivity contribution in [3.8, 4) is 0 Å². The first-order chi connectivity index (χ1) is 11.4. The van der Waals surface area contributed by atoms with Crippen molar-refractivity contribution in [3.05, 3.63) is 70.5 Å². The van der Waals surface area contributed by atoms with Gasteiger partial charge in [-0.1, -0.05) is 19.1 Å². The highest BCUT2D eigenvalue weighted by Gasteiger charge is 2.34. The predicted octanol–water partition coefficient (Wildman–Crippen LogP) is 3.81. The SMILES string of the molecule is CC[C@@H](c1ccccn1)n1cnc2cccc(C(F)(F)F)c2c1=O. The topological polar surface area (TPSA) is 47.8 Å². The van der Waals surface area contributed by atoms with Gasteiger partial charge in [-0.15, -0.1) is 0 Å². The molecule has 24 heavy (non-hydrogen) atoms. The van der Waals surface area contributed by atoms with Gasteiger partial charge in [0.05, 0.1) is 34.5 Å². The number of hydrogen-bond donors (Lipinski definition) is 0. The van der Waals surface area contributed by atoms with Gasteiger partial charge < -0.3 is 0 Å². The first-order valence-electron chi connectivity index (χ1n) is 7.41. The van der Waals surface area contributed by atoms with Crippen LogP contribution >= 0.6 is 0 Å². The molecule has 0 bridgehead atoms. The number of aromatic nitrogens is 3. The molecule has 2 heterocycles. The van der Waals surface area contributed by atoms with E-state index < -0.39 is 28.7 Å². The maximum atomic E-state index is 13.2. The molecule has 4 nitrogen and oxygen atoms in total. The smallest absolute Gasteiger partial charge is 0.290 e. The molecule has 0 N–H and O–H groups in total. The van der Waals surface area contributed by atoms with Gasteiger partial charge in [-0.3, -0.25) is 14.3 Å². The van der Waals surface area contributed by atoms with Crippen LogP contribution in [0.5, 0.6) is 0 Å². The van der Waals surface area contributed by atoms with Crippen LogP contribution < -0.4 is 5.56 Å². The fraction of sp³-hybridized carbons (Fsp3) is 0.235. The summed E-state index contributed by atoms with van der Waals surface area (Å²) in [6.45, 7) is 1.84. The Labute approximate surface area is 135 Å². The Morgan fingerprint density at radius 3 is 2.54 bits per heavy atom. The lowest BCUT2D eigenvalue weighted by Crippen LogP contribution is -2.27. The number of fused-ring (bicyclic) bond motifs is 1. The summed E-state index contributed by atoms with van der Waals surface area (Å²) in [4.78, 5) is 21.0. The first kappa shape index (κ1) is 16.2. The highest BCUT2D eigenvalue weighted by molar-refractivity contribution is 5.81. The molecular weight excluding hydrogens is 319 g/mol. The Hall–Kier alpha value is -2.70. The summed E-state index contributed by atoms with van der Waals surface area (Å²) in [5.41, 5.74) is -1.05. The average molecular weight is 333 g/mol. The second kappa shape index (κ2) is 6.07. The molecule has 0 spiro atoms. The van der Waals surface area contributed by atoms with Gasteiger partial charge in [0.1, 0.15) is 0 Å². The fourth-order valence-electron chi connectivity index (χ4n) is 2.76. The number of rotatable bonds is 3. The van der Waals surface area contributed by atoms with E-state index in [9.17, 15) is 18.0 Å². The summed E-state index contributed by atoms with van der Waals surface area (Å²) in [6.07, 6.45) is -1.25. The lowest BCUT2D eigenvalue weighted by atomic mass is 10.1. The van der Waals surface area contributed by atoms with E-state index in [2.05, 4.69) is 9.97 Å². The molecule has 1 atom stereocenters. The molecule has 0 fully saturated rings. The molecular formula is C17H14F3N3O. The van der Waals surface area contributed by atoms with Crippen LogP contribution in [0.4, 0.5) is 13.2 Å². The van der Waals surface area contributed by atoms with Gasteiger partial charge in [0.2, 0.25) is 0 Å². The second-order valence-corrected chi connectivity index (χ2v) is 5.33. The van der Waals surface area contributed by atoms with Crippen molar-refractivity contribution in [1.29, 1.82) is 0 Å². The van der Waals surface area contributed by atoms with Gasteiger partial charge in [-0.25, -0.2) is 4.98 Å². The molecule has 7 heteroatoms. The van der Waals surface area contributed by atoms with E-state index in [-0.39, 0.29) is 5.52 Å². The van der Waals surface area contributed by atoms with Gasteiger partial charge in [0.15, 0.2) is 0 Å². The molecule has 2 aromatic heterocycles. The zero-order valence-electron chi connectivity index (χ0n) is 12.8. The Morgan fingerprint density at radius 2 is 1.92 bits per heavy atom. The Balaban J connectivity index is 2.27. The number of hydrogen-bond acceptors (Lipinski definition) is 3. The van der Waals surface area contributed by atoms with Crippen molar-refractivity contribution < 1.29 is 13.2 Å². The minimum atomic E-state index is -4.62. The molecule has 0 amide bonds. The zero-order chi connectivity index (χ0) is 17.3. The standard InChI is InChI=1S/C17H14F3N3O/c1-2-14(12-7-3-4-9-21-12)23-10-22-13-8-5-6-11(17(18,19)20)15(13)16(23)24/h3-10,14H,2H2,1H3/t14-/m0/s1. The van der Waals surface area contributed by atoms with Crippen molar-refractivity contribution in [1.82, 2.24) is 14.5 Å². The van der Waals surface area contributed by atoms with E-state index in [0.29, 0.717) is 12.1 Å². The fourth-order valence-corrected chi connectivity index (χ4v) is 2.76. The van der Waals surface area contributed by atoms with E-state index >= 15 is 0 Å². The van der Waals surface area contributed by atoms with Crippen molar-refractivity contribution in [2.24, 2.45) is 0 Å². The van der Waals surface area contributed by atoms with E-state index in [1.54, 1.807) is 24.4 Å². The molecule has 0 aliphatic rings. The van der Waals surface area contributed by atoms with Crippen LogP contribution in [0.15, 0.2) is 53.7 Å². The Morgan fingerprint density at radius 1 is 1.12 bits per heavy atom. The summed E-state index contributed by atoms with van der Waals surface area (Å²) in [7, 11) is 0. The second-order valence-electron chi connectivity index (χ2n) is 5.33. The monoisotopic (exact) mass is 333 g/mol. The average Bonchev–Trinajstić information content (AvgIpc) is 2.57. The Kier molecular flexibility index (Phi) is 4.09. The summed E-state index contributed by atoms with van der Waals surface area (Å²) in [5, 5.41) is -0.415. The van der Waals surface area contributed by atoms with Gasteiger partial charge in [-0.2, -0.15) is 13.2 Å². The van der Waals surface area contributed by atoms with E-state index in [1.165, 1.54) is 23.0 Å². The van der Waals surface area contributed by atoms with Crippen LogP contribution in [-0.4, -0.2) is 14.5 Å². The third kappa shape index (κ3) is 2.77. The lowest BCUT2D eigenvalue weighted by molar-refractivity contribution is -0.136. The van der Waals surface area contributed by atoms with Crippen LogP contribution in [0.2, 0.25) is 0 Å². The molecule has 0 saturated carbocycles.